The third kappa shape index (κ3) is 4.35. The first kappa shape index (κ1) is 21.9. The van der Waals surface area contributed by atoms with Gasteiger partial charge in [0.15, 0.2) is 0 Å². The molecule has 2 heterocycles. The molecule has 2 aromatic carbocycles. The maximum absolute atomic E-state index is 13.0. The van der Waals surface area contributed by atoms with E-state index >= 15 is 0 Å². The standard InChI is InChI=1S/C23H22N2O6S/c1-30-16-9-7-14(8-10-16)13-31-23(29)17-11-19(24-18(27)12-26)32-22-20(21(28)25(17)22)15-5-3-2-4-6-15/h2-11,19-20,22,26H,12-13H2,1H3,(H,24,27)/t19?,20?,22-/m1/s1. The molecule has 8 nitrogen and oxygen atoms in total. The van der Waals surface area contributed by atoms with Crippen LogP contribution in [0.25, 0.3) is 0 Å². The van der Waals surface area contributed by atoms with E-state index in [1.807, 2.05) is 30.3 Å². The third-order valence-corrected chi connectivity index (χ3v) is 6.55. The molecule has 2 aliphatic rings. The van der Waals surface area contributed by atoms with Gasteiger partial charge in [0.2, 0.25) is 11.8 Å². The maximum atomic E-state index is 13.0. The van der Waals surface area contributed by atoms with Crippen molar-refractivity contribution in [3.63, 3.8) is 0 Å². The number of esters is 1. The summed E-state index contributed by atoms with van der Waals surface area (Å²) in [5, 5.41) is 10.8. The van der Waals surface area contributed by atoms with Crippen LogP contribution in [-0.4, -0.2) is 52.3 Å². The van der Waals surface area contributed by atoms with Crippen LogP contribution in [0.3, 0.4) is 0 Å². The second-order valence-corrected chi connectivity index (χ2v) is 8.51. The Kier molecular flexibility index (Phi) is 6.48. The maximum Gasteiger partial charge on any atom is 0.355 e. The van der Waals surface area contributed by atoms with E-state index < -0.39 is 29.8 Å². The Morgan fingerprint density at radius 1 is 1.12 bits per heavy atom. The second kappa shape index (κ2) is 9.46. The summed E-state index contributed by atoms with van der Waals surface area (Å²) in [6.07, 6.45) is 1.49. The van der Waals surface area contributed by atoms with Gasteiger partial charge in [0.1, 0.15) is 30.0 Å². The molecule has 2 N–H and O–H groups in total. The van der Waals surface area contributed by atoms with E-state index in [1.54, 1.807) is 31.4 Å². The number of carbonyl (C=O) groups excluding carboxylic acids is 3. The van der Waals surface area contributed by atoms with Gasteiger partial charge in [0, 0.05) is 0 Å². The number of rotatable bonds is 7. The van der Waals surface area contributed by atoms with Crippen molar-refractivity contribution in [3.8, 4) is 5.75 Å². The molecule has 1 saturated heterocycles. The van der Waals surface area contributed by atoms with Crippen LogP contribution in [0.15, 0.2) is 66.4 Å². The number of carbonyl (C=O) groups is 3. The molecule has 1 fully saturated rings. The zero-order valence-electron chi connectivity index (χ0n) is 17.3. The van der Waals surface area contributed by atoms with Crippen LogP contribution >= 0.6 is 11.8 Å². The van der Waals surface area contributed by atoms with E-state index in [2.05, 4.69) is 5.32 Å². The number of thioether (sulfide) groups is 1. The first-order chi connectivity index (χ1) is 15.5. The van der Waals surface area contributed by atoms with Gasteiger partial charge in [-0.25, -0.2) is 4.79 Å². The molecule has 0 radical (unpaired) electrons. The summed E-state index contributed by atoms with van der Waals surface area (Å²) in [6, 6.07) is 16.4. The highest BCUT2D eigenvalue weighted by Crippen LogP contribution is 2.48. The number of aliphatic hydroxyl groups is 1. The lowest BCUT2D eigenvalue weighted by molar-refractivity contribution is -0.151. The Hall–Kier alpha value is -3.30. The normalized spacial score (nSPS) is 21.7. The van der Waals surface area contributed by atoms with E-state index in [1.165, 1.54) is 22.7 Å². The van der Waals surface area contributed by atoms with Gasteiger partial charge in [-0.15, -0.1) is 11.8 Å². The van der Waals surface area contributed by atoms with Crippen LogP contribution in [0.5, 0.6) is 5.75 Å². The fourth-order valence-corrected chi connectivity index (χ4v) is 5.11. The van der Waals surface area contributed by atoms with Gasteiger partial charge in [-0.05, 0) is 29.3 Å². The Balaban J connectivity index is 1.53. The van der Waals surface area contributed by atoms with Crippen molar-refractivity contribution >= 4 is 29.5 Å². The summed E-state index contributed by atoms with van der Waals surface area (Å²) in [6.45, 7) is -0.645. The van der Waals surface area contributed by atoms with Crippen molar-refractivity contribution in [2.45, 2.75) is 23.3 Å². The SMILES string of the molecule is COc1ccc(COC(=O)C2=CC(NC(=O)CO)S[C@@H]3C(c4ccccc4)C(=O)N23)cc1. The largest absolute Gasteiger partial charge is 0.497 e. The van der Waals surface area contributed by atoms with E-state index in [0.717, 1.165) is 11.1 Å². The zero-order chi connectivity index (χ0) is 22.7. The lowest BCUT2D eigenvalue weighted by atomic mass is 9.89. The molecular weight excluding hydrogens is 432 g/mol. The molecular formula is C23H22N2O6S. The van der Waals surface area contributed by atoms with Crippen LogP contribution in [0.2, 0.25) is 0 Å². The zero-order valence-corrected chi connectivity index (χ0v) is 18.1. The number of ether oxygens (including phenoxy) is 2. The van der Waals surface area contributed by atoms with Crippen molar-refractivity contribution in [2.75, 3.05) is 13.7 Å². The molecule has 2 unspecified atom stereocenters. The van der Waals surface area contributed by atoms with E-state index in [4.69, 9.17) is 14.6 Å². The van der Waals surface area contributed by atoms with Crippen LogP contribution in [-0.2, 0) is 25.7 Å². The van der Waals surface area contributed by atoms with Crippen molar-refractivity contribution in [1.29, 1.82) is 0 Å². The smallest absolute Gasteiger partial charge is 0.355 e. The topological polar surface area (TPSA) is 105 Å². The molecule has 2 aromatic rings. The summed E-state index contributed by atoms with van der Waals surface area (Å²) in [4.78, 5) is 39.0. The average Bonchev–Trinajstić information content (AvgIpc) is 2.82. The molecule has 4 rings (SSSR count). The van der Waals surface area contributed by atoms with E-state index in [9.17, 15) is 14.4 Å². The molecule has 0 saturated carbocycles. The summed E-state index contributed by atoms with van der Waals surface area (Å²) in [7, 11) is 1.57. The van der Waals surface area contributed by atoms with Gasteiger partial charge in [-0.1, -0.05) is 42.5 Å². The molecule has 2 amide bonds. The summed E-state index contributed by atoms with van der Waals surface area (Å²) < 4.78 is 10.6. The van der Waals surface area contributed by atoms with Gasteiger partial charge < -0.3 is 19.9 Å². The summed E-state index contributed by atoms with van der Waals surface area (Å²) in [5.74, 6) is -1.18. The van der Waals surface area contributed by atoms with Gasteiger partial charge in [-0.3, -0.25) is 14.5 Å². The molecule has 166 valence electrons. The number of fused-ring (bicyclic) bond motifs is 1. The Bertz CT molecular complexity index is 1040. The Morgan fingerprint density at radius 3 is 2.50 bits per heavy atom. The predicted molar refractivity (Wildman–Crippen MR) is 117 cm³/mol. The molecule has 0 spiro atoms. The molecule has 3 atom stereocenters. The third-order valence-electron chi connectivity index (χ3n) is 5.24. The van der Waals surface area contributed by atoms with Crippen molar-refractivity contribution < 1.29 is 29.0 Å². The van der Waals surface area contributed by atoms with Gasteiger partial charge in [0.05, 0.1) is 18.4 Å². The highest BCUT2D eigenvalue weighted by atomic mass is 32.2. The number of nitrogens with one attached hydrogen (secondary N) is 1. The minimum absolute atomic E-state index is 0.0236. The van der Waals surface area contributed by atoms with Crippen molar-refractivity contribution in [2.24, 2.45) is 0 Å². The van der Waals surface area contributed by atoms with Gasteiger partial charge in [0.25, 0.3) is 0 Å². The van der Waals surface area contributed by atoms with Gasteiger partial charge in [-0.2, -0.15) is 0 Å². The number of hydrogen-bond donors (Lipinski definition) is 2. The predicted octanol–water partition coefficient (Wildman–Crippen LogP) is 1.76. The number of nitrogens with zero attached hydrogens (tertiary/aromatic N) is 1. The quantitative estimate of drug-likeness (QED) is 0.485. The van der Waals surface area contributed by atoms with Crippen LogP contribution in [0.1, 0.15) is 17.0 Å². The number of benzene rings is 2. The Labute approximate surface area is 189 Å². The minimum Gasteiger partial charge on any atom is -0.497 e. The second-order valence-electron chi connectivity index (χ2n) is 7.25. The lowest BCUT2D eigenvalue weighted by Gasteiger charge is -2.50. The molecule has 0 aliphatic carbocycles. The number of amides is 2. The number of β-lactam (4-membered cyclic amide) rings is 1. The molecule has 2 aliphatic heterocycles. The Morgan fingerprint density at radius 2 is 1.84 bits per heavy atom. The summed E-state index contributed by atoms with van der Waals surface area (Å²) >= 11 is 1.34. The average molecular weight is 455 g/mol. The number of hydrogen-bond acceptors (Lipinski definition) is 7. The van der Waals surface area contributed by atoms with Crippen molar-refractivity contribution in [1.82, 2.24) is 10.2 Å². The number of methoxy groups -OCH3 is 1. The fraction of sp³-hybridized carbons (Fsp3) is 0.261. The highest BCUT2D eigenvalue weighted by Gasteiger charge is 2.54. The summed E-state index contributed by atoms with van der Waals surface area (Å²) in [5.41, 5.74) is 1.69. The molecule has 0 aromatic heterocycles. The van der Waals surface area contributed by atoms with Crippen LogP contribution in [0, 0.1) is 0 Å². The van der Waals surface area contributed by atoms with E-state index in [0.29, 0.717) is 5.75 Å². The monoisotopic (exact) mass is 454 g/mol. The van der Waals surface area contributed by atoms with E-state index in [-0.39, 0.29) is 23.6 Å². The molecule has 0 bridgehead atoms. The first-order valence-electron chi connectivity index (χ1n) is 9.97. The van der Waals surface area contributed by atoms with Crippen LogP contribution < -0.4 is 10.1 Å². The highest BCUT2D eigenvalue weighted by molar-refractivity contribution is 8.00. The van der Waals surface area contributed by atoms with Crippen LogP contribution in [0.4, 0.5) is 0 Å². The number of aliphatic hydroxyl groups excluding tert-OH is 1. The molecule has 9 heteroatoms. The minimum atomic E-state index is -0.669. The lowest BCUT2D eigenvalue weighted by Crippen LogP contribution is -2.61. The molecule has 32 heavy (non-hydrogen) atoms. The van der Waals surface area contributed by atoms with Crippen molar-refractivity contribution in [3.05, 3.63) is 77.5 Å². The fourth-order valence-electron chi connectivity index (χ4n) is 3.63. The first-order valence-corrected chi connectivity index (χ1v) is 10.9. The van der Waals surface area contributed by atoms with Gasteiger partial charge >= 0.3 is 5.97 Å².